The van der Waals surface area contributed by atoms with Crippen molar-refractivity contribution in [2.24, 2.45) is 0 Å². The van der Waals surface area contributed by atoms with Crippen LogP contribution in [0.5, 0.6) is 0 Å². The first kappa shape index (κ1) is 14.7. The van der Waals surface area contributed by atoms with E-state index in [0.717, 1.165) is 22.8 Å². The van der Waals surface area contributed by atoms with Crippen molar-refractivity contribution in [3.63, 3.8) is 0 Å². The Morgan fingerprint density at radius 3 is 1.57 bits per heavy atom. The molecule has 0 saturated heterocycles. The first-order chi connectivity index (χ1) is 11.3. The number of hydrogen-bond acceptors (Lipinski definition) is 2. The van der Waals surface area contributed by atoms with E-state index >= 15 is 0 Å². The molecule has 23 heavy (non-hydrogen) atoms. The summed E-state index contributed by atoms with van der Waals surface area (Å²) in [5, 5.41) is 18.2. The smallest absolute Gasteiger partial charge is 0.0632 e. The minimum atomic E-state index is -0.0184. The number of hydrogen-bond donors (Lipinski definition) is 3. The van der Waals surface area contributed by atoms with Crippen molar-refractivity contribution in [1.29, 1.82) is 10.5 Å². The molecule has 0 aliphatic carbocycles. The molecule has 3 N–H and O–H groups in total. The highest BCUT2D eigenvalue weighted by Crippen LogP contribution is 2.30. The van der Waals surface area contributed by atoms with E-state index in [0.29, 0.717) is 12.8 Å². The molecule has 3 aromatic heterocycles. The van der Waals surface area contributed by atoms with Crippen LogP contribution in [0.25, 0.3) is 0 Å². The molecule has 2 unspecified atom stereocenters. The lowest BCUT2D eigenvalue weighted by Gasteiger charge is -2.13. The van der Waals surface area contributed by atoms with Crippen LogP contribution in [0.4, 0.5) is 0 Å². The molecule has 0 saturated carbocycles. The molecule has 0 aromatic carbocycles. The highest BCUT2D eigenvalue weighted by atomic mass is 14.8. The molecule has 5 nitrogen and oxygen atoms in total. The average Bonchev–Trinajstić information content (AvgIpc) is 3.33. The summed E-state index contributed by atoms with van der Waals surface area (Å²) in [6, 6.07) is 16.3. The zero-order valence-corrected chi connectivity index (χ0v) is 12.6. The Morgan fingerprint density at radius 2 is 1.22 bits per heavy atom. The van der Waals surface area contributed by atoms with E-state index in [4.69, 9.17) is 10.5 Å². The molecule has 0 spiro atoms. The largest absolute Gasteiger partial charge is 0.364 e. The molecule has 0 aliphatic heterocycles. The SMILES string of the molecule is N#CCC(c1ccc[nH]1)c1ccc(C(CC#N)c2ccc[nH]2)[nH]1. The summed E-state index contributed by atoms with van der Waals surface area (Å²) in [5.41, 5.74) is 3.99. The van der Waals surface area contributed by atoms with E-state index in [1.54, 1.807) is 0 Å². The first-order valence-corrected chi connectivity index (χ1v) is 7.52. The number of nitrogens with zero attached hydrogens (tertiary/aromatic N) is 2. The van der Waals surface area contributed by atoms with Crippen molar-refractivity contribution in [1.82, 2.24) is 15.0 Å². The normalized spacial score (nSPS) is 13.1. The van der Waals surface area contributed by atoms with Gasteiger partial charge < -0.3 is 15.0 Å². The van der Waals surface area contributed by atoms with E-state index < -0.39 is 0 Å². The summed E-state index contributed by atoms with van der Waals surface area (Å²) in [5.74, 6) is -0.0368. The highest BCUT2D eigenvalue weighted by Gasteiger charge is 2.21. The molecule has 3 heterocycles. The van der Waals surface area contributed by atoms with Crippen molar-refractivity contribution in [3.8, 4) is 12.1 Å². The Hall–Kier alpha value is -3.18. The molecule has 0 aliphatic rings. The standard InChI is InChI=1S/C18H17N5/c19-9-7-13(15-3-1-11-21-15)17-5-6-18(23-17)14(8-10-20)16-4-2-12-22-16/h1-6,11-14,21-23H,7-8H2. The van der Waals surface area contributed by atoms with Crippen LogP contribution in [-0.2, 0) is 0 Å². The Balaban J connectivity index is 1.92. The van der Waals surface area contributed by atoms with Gasteiger partial charge in [0, 0.05) is 48.0 Å². The second kappa shape index (κ2) is 6.72. The summed E-state index contributed by atoms with van der Waals surface area (Å²) in [6.07, 6.45) is 4.51. The lowest BCUT2D eigenvalue weighted by molar-refractivity contribution is 0.748. The van der Waals surface area contributed by atoms with Gasteiger partial charge in [0.05, 0.1) is 24.0 Å². The molecule has 3 rings (SSSR count). The fraction of sp³-hybridized carbons (Fsp3) is 0.222. The Kier molecular flexibility index (Phi) is 4.31. The van der Waals surface area contributed by atoms with Gasteiger partial charge in [0.15, 0.2) is 0 Å². The maximum atomic E-state index is 9.12. The van der Waals surface area contributed by atoms with Gasteiger partial charge in [-0.2, -0.15) is 10.5 Å². The van der Waals surface area contributed by atoms with E-state index in [-0.39, 0.29) is 11.8 Å². The number of aromatic amines is 3. The molecular formula is C18H17N5. The quantitative estimate of drug-likeness (QED) is 0.646. The lowest BCUT2D eigenvalue weighted by Crippen LogP contribution is -2.04. The summed E-state index contributed by atoms with van der Waals surface area (Å²) in [7, 11) is 0. The van der Waals surface area contributed by atoms with Gasteiger partial charge in [-0.05, 0) is 36.4 Å². The predicted molar refractivity (Wildman–Crippen MR) is 86.5 cm³/mol. The summed E-state index contributed by atoms with van der Waals surface area (Å²) in [6.45, 7) is 0. The summed E-state index contributed by atoms with van der Waals surface area (Å²) >= 11 is 0. The zero-order chi connectivity index (χ0) is 16.1. The molecule has 0 bridgehead atoms. The molecule has 5 heteroatoms. The Labute approximate surface area is 134 Å². The molecule has 3 aromatic rings. The van der Waals surface area contributed by atoms with Crippen LogP contribution in [0, 0.1) is 22.7 Å². The fourth-order valence-corrected chi connectivity index (χ4v) is 2.92. The maximum Gasteiger partial charge on any atom is 0.0632 e. The number of nitrogens with one attached hydrogen (secondary N) is 3. The maximum absolute atomic E-state index is 9.12. The van der Waals surface area contributed by atoms with Crippen LogP contribution < -0.4 is 0 Å². The first-order valence-electron chi connectivity index (χ1n) is 7.52. The van der Waals surface area contributed by atoms with Crippen LogP contribution in [0.2, 0.25) is 0 Å². The predicted octanol–water partition coefficient (Wildman–Crippen LogP) is 3.76. The lowest BCUT2D eigenvalue weighted by atomic mass is 9.99. The number of H-pyrrole nitrogens is 3. The Bertz CT molecular complexity index is 743. The fourth-order valence-electron chi connectivity index (χ4n) is 2.92. The molecule has 114 valence electrons. The number of nitriles is 2. The van der Waals surface area contributed by atoms with E-state index in [2.05, 4.69) is 27.1 Å². The van der Waals surface area contributed by atoms with Crippen molar-refractivity contribution >= 4 is 0 Å². The van der Waals surface area contributed by atoms with Crippen molar-refractivity contribution in [2.75, 3.05) is 0 Å². The van der Waals surface area contributed by atoms with Crippen LogP contribution >= 0.6 is 0 Å². The summed E-state index contributed by atoms with van der Waals surface area (Å²) < 4.78 is 0. The molecular weight excluding hydrogens is 286 g/mol. The Morgan fingerprint density at radius 1 is 0.739 bits per heavy atom. The van der Waals surface area contributed by atoms with Gasteiger partial charge in [-0.25, -0.2) is 0 Å². The second-order valence-corrected chi connectivity index (χ2v) is 5.45. The minimum Gasteiger partial charge on any atom is -0.364 e. The molecule has 0 amide bonds. The van der Waals surface area contributed by atoms with Crippen LogP contribution in [-0.4, -0.2) is 15.0 Å². The second-order valence-electron chi connectivity index (χ2n) is 5.45. The van der Waals surface area contributed by atoms with Gasteiger partial charge in [0.25, 0.3) is 0 Å². The van der Waals surface area contributed by atoms with Crippen LogP contribution in [0.15, 0.2) is 48.8 Å². The third-order valence-electron chi connectivity index (χ3n) is 4.07. The third kappa shape index (κ3) is 3.04. The van der Waals surface area contributed by atoms with Gasteiger partial charge in [-0.1, -0.05) is 0 Å². The molecule has 0 radical (unpaired) electrons. The van der Waals surface area contributed by atoms with Crippen molar-refractivity contribution in [3.05, 3.63) is 71.6 Å². The monoisotopic (exact) mass is 303 g/mol. The van der Waals surface area contributed by atoms with Gasteiger partial charge >= 0.3 is 0 Å². The van der Waals surface area contributed by atoms with Gasteiger partial charge in [-0.3, -0.25) is 0 Å². The minimum absolute atomic E-state index is 0.0184. The van der Waals surface area contributed by atoms with E-state index in [1.165, 1.54) is 0 Å². The van der Waals surface area contributed by atoms with E-state index in [1.807, 2.05) is 48.8 Å². The molecule has 2 atom stereocenters. The van der Waals surface area contributed by atoms with Gasteiger partial charge in [0.1, 0.15) is 0 Å². The van der Waals surface area contributed by atoms with Crippen molar-refractivity contribution in [2.45, 2.75) is 24.7 Å². The number of aromatic nitrogens is 3. The average molecular weight is 303 g/mol. The van der Waals surface area contributed by atoms with Crippen LogP contribution in [0.3, 0.4) is 0 Å². The van der Waals surface area contributed by atoms with Gasteiger partial charge in [-0.15, -0.1) is 0 Å². The van der Waals surface area contributed by atoms with Crippen LogP contribution in [0.1, 0.15) is 47.5 Å². The van der Waals surface area contributed by atoms with Gasteiger partial charge in [0.2, 0.25) is 0 Å². The summed E-state index contributed by atoms with van der Waals surface area (Å²) in [4.78, 5) is 9.78. The zero-order valence-electron chi connectivity index (χ0n) is 12.6. The van der Waals surface area contributed by atoms with E-state index in [9.17, 15) is 0 Å². The highest BCUT2D eigenvalue weighted by molar-refractivity contribution is 5.32. The molecule has 0 fully saturated rings. The van der Waals surface area contributed by atoms with Crippen molar-refractivity contribution < 1.29 is 0 Å². The third-order valence-corrected chi connectivity index (χ3v) is 4.07. The number of rotatable bonds is 6. The topological polar surface area (TPSA) is 94.9 Å².